The number of rotatable bonds is 4. The largest absolute Gasteiger partial charge is 0.395 e. The predicted molar refractivity (Wildman–Crippen MR) is 73.0 cm³/mol. The Morgan fingerprint density at radius 2 is 2.50 bits per heavy atom. The van der Waals surface area contributed by atoms with Gasteiger partial charge < -0.3 is 10.4 Å². The first-order chi connectivity index (χ1) is 7.65. The molecule has 0 fully saturated rings. The average molecular weight is 323 g/mol. The van der Waals surface area contributed by atoms with Crippen LogP contribution in [0.4, 0.5) is 0 Å². The summed E-state index contributed by atoms with van der Waals surface area (Å²) in [7, 11) is 0. The summed E-state index contributed by atoms with van der Waals surface area (Å²) in [4.78, 5) is 0.926. The second-order valence-corrected chi connectivity index (χ2v) is 4.80. The van der Waals surface area contributed by atoms with Crippen LogP contribution in [0.2, 0.25) is 0 Å². The molecule has 16 heavy (non-hydrogen) atoms. The molecule has 8 heteroatoms. The lowest BCUT2D eigenvalue weighted by atomic mass is 10.4. The molecule has 0 atom stereocenters. The lowest BCUT2D eigenvalue weighted by Gasteiger charge is -2.03. The molecular formula is C8H11BrN4OS2. The van der Waals surface area contributed by atoms with E-state index in [1.54, 1.807) is 6.21 Å². The average Bonchev–Trinajstić information content (AvgIpc) is 2.58. The lowest BCUT2D eigenvalue weighted by molar-refractivity contribution is 0.300. The monoisotopic (exact) mass is 322 g/mol. The van der Waals surface area contributed by atoms with Crippen LogP contribution in [0.5, 0.6) is 0 Å². The van der Waals surface area contributed by atoms with E-state index >= 15 is 0 Å². The first-order valence-electron chi connectivity index (χ1n) is 4.44. The van der Waals surface area contributed by atoms with E-state index in [1.807, 2.05) is 6.92 Å². The standard InChI is InChI=1S/C8H11BrN4OS2/c1-5-7(9)6(16-13-5)4-11-12-8(15)10-2-3-14/h4,14H,2-3H2,1H3,(H2,10,12,15)/b11-4+. The number of nitrogens with one attached hydrogen (secondary N) is 2. The topological polar surface area (TPSA) is 69.5 Å². The highest BCUT2D eigenvalue weighted by Gasteiger charge is 2.04. The Labute approximate surface area is 111 Å². The highest BCUT2D eigenvalue weighted by molar-refractivity contribution is 9.10. The fourth-order valence-corrected chi connectivity index (χ4v) is 2.15. The summed E-state index contributed by atoms with van der Waals surface area (Å²) < 4.78 is 5.10. The molecule has 0 aliphatic heterocycles. The van der Waals surface area contributed by atoms with E-state index in [0.29, 0.717) is 11.7 Å². The second-order valence-electron chi connectivity index (χ2n) is 2.80. The van der Waals surface area contributed by atoms with E-state index < -0.39 is 0 Å². The molecule has 0 saturated heterocycles. The van der Waals surface area contributed by atoms with Crippen molar-refractivity contribution < 1.29 is 5.11 Å². The Hall–Kier alpha value is -0.570. The molecule has 1 aromatic heterocycles. The zero-order valence-corrected chi connectivity index (χ0v) is 11.7. The minimum atomic E-state index is 0.0329. The third-order valence-electron chi connectivity index (χ3n) is 1.56. The molecule has 0 spiro atoms. The summed E-state index contributed by atoms with van der Waals surface area (Å²) in [6.07, 6.45) is 1.64. The quantitative estimate of drug-likeness (QED) is 0.438. The van der Waals surface area contributed by atoms with Gasteiger partial charge in [0.25, 0.3) is 0 Å². The predicted octanol–water partition coefficient (Wildman–Crippen LogP) is 1.00. The summed E-state index contributed by atoms with van der Waals surface area (Å²) in [6, 6.07) is 0. The lowest BCUT2D eigenvalue weighted by Crippen LogP contribution is -2.33. The smallest absolute Gasteiger partial charge is 0.187 e. The number of nitrogens with zero attached hydrogens (tertiary/aromatic N) is 2. The van der Waals surface area contributed by atoms with Crippen LogP contribution < -0.4 is 10.7 Å². The summed E-state index contributed by atoms with van der Waals surface area (Å²) >= 11 is 9.66. The van der Waals surface area contributed by atoms with E-state index in [1.165, 1.54) is 11.5 Å². The Kier molecular flexibility index (Phi) is 5.81. The molecule has 3 N–H and O–H groups in total. The van der Waals surface area contributed by atoms with Crippen LogP contribution in [-0.4, -0.2) is 34.0 Å². The molecule has 0 bridgehead atoms. The van der Waals surface area contributed by atoms with Crippen molar-refractivity contribution in [2.24, 2.45) is 5.10 Å². The van der Waals surface area contributed by atoms with Gasteiger partial charge in [0.2, 0.25) is 0 Å². The van der Waals surface area contributed by atoms with Crippen molar-refractivity contribution in [1.82, 2.24) is 15.1 Å². The van der Waals surface area contributed by atoms with Gasteiger partial charge in [-0.25, -0.2) is 0 Å². The highest BCUT2D eigenvalue weighted by Crippen LogP contribution is 2.22. The number of aliphatic hydroxyl groups excluding tert-OH is 1. The molecule has 0 aliphatic carbocycles. The highest BCUT2D eigenvalue weighted by atomic mass is 79.9. The van der Waals surface area contributed by atoms with Crippen LogP contribution in [0, 0.1) is 6.92 Å². The molecule has 5 nitrogen and oxygen atoms in total. The fraction of sp³-hybridized carbons (Fsp3) is 0.375. The normalized spacial score (nSPS) is 10.7. The maximum atomic E-state index is 8.56. The summed E-state index contributed by atoms with van der Waals surface area (Å²) in [5.74, 6) is 0. The number of hydrogen-bond acceptors (Lipinski definition) is 5. The molecule has 88 valence electrons. The molecule has 1 aromatic rings. The second kappa shape index (κ2) is 6.89. The third-order valence-corrected chi connectivity index (χ3v) is 3.93. The number of hydrogen-bond donors (Lipinski definition) is 3. The number of aliphatic hydroxyl groups is 1. The van der Waals surface area contributed by atoms with E-state index in [2.05, 4.69) is 36.1 Å². The summed E-state index contributed by atoms with van der Waals surface area (Å²) in [6.45, 7) is 2.36. The van der Waals surface area contributed by atoms with Crippen molar-refractivity contribution in [1.29, 1.82) is 0 Å². The molecular weight excluding hydrogens is 312 g/mol. The van der Waals surface area contributed by atoms with Crippen LogP contribution in [0.1, 0.15) is 10.6 Å². The van der Waals surface area contributed by atoms with Crippen molar-refractivity contribution in [3.8, 4) is 0 Å². The molecule has 0 aliphatic rings. The Morgan fingerprint density at radius 3 is 3.06 bits per heavy atom. The Bertz CT molecular complexity index is 393. The van der Waals surface area contributed by atoms with Gasteiger partial charge in [-0.2, -0.15) is 9.47 Å². The van der Waals surface area contributed by atoms with Crippen LogP contribution in [0.15, 0.2) is 9.57 Å². The minimum absolute atomic E-state index is 0.0329. The van der Waals surface area contributed by atoms with Gasteiger partial charge in [-0.05, 0) is 46.6 Å². The zero-order chi connectivity index (χ0) is 12.0. The van der Waals surface area contributed by atoms with E-state index in [4.69, 9.17) is 17.3 Å². The maximum absolute atomic E-state index is 8.56. The van der Waals surface area contributed by atoms with Crippen molar-refractivity contribution in [3.05, 3.63) is 15.0 Å². The number of aryl methyl sites for hydroxylation is 1. The van der Waals surface area contributed by atoms with Crippen molar-refractivity contribution in [3.63, 3.8) is 0 Å². The third kappa shape index (κ3) is 4.12. The number of thiocarbonyl (C=S) groups is 1. The van der Waals surface area contributed by atoms with Crippen LogP contribution in [0.3, 0.4) is 0 Å². The van der Waals surface area contributed by atoms with Crippen molar-refractivity contribution in [2.45, 2.75) is 6.92 Å². The number of halogens is 1. The molecule has 1 rings (SSSR count). The minimum Gasteiger partial charge on any atom is -0.395 e. The zero-order valence-electron chi connectivity index (χ0n) is 8.53. The van der Waals surface area contributed by atoms with Gasteiger partial charge in [0.15, 0.2) is 5.11 Å². The molecule has 0 amide bonds. The van der Waals surface area contributed by atoms with Crippen molar-refractivity contribution >= 4 is 51.0 Å². The van der Waals surface area contributed by atoms with E-state index in [9.17, 15) is 0 Å². The van der Waals surface area contributed by atoms with Crippen LogP contribution >= 0.6 is 39.7 Å². The molecule has 0 radical (unpaired) electrons. The van der Waals surface area contributed by atoms with Gasteiger partial charge >= 0.3 is 0 Å². The summed E-state index contributed by atoms with van der Waals surface area (Å²) in [5.41, 5.74) is 3.58. The first-order valence-corrected chi connectivity index (χ1v) is 6.42. The molecule has 1 heterocycles. The SMILES string of the molecule is Cc1nsc(/C=N/NC(=S)NCCO)c1Br. The number of aromatic nitrogens is 1. The van der Waals surface area contributed by atoms with Gasteiger partial charge in [-0.15, -0.1) is 0 Å². The van der Waals surface area contributed by atoms with Gasteiger partial charge in [0.05, 0.1) is 27.9 Å². The van der Waals surface area contributed by atoms with Gasteiger partial charge in [-0.1, -0.05) is 0 Å². The van der Waals surface area contributed by atoms with Crippen LogP contribution in [-0.2, 0) is 0 Å². The Morgan fingerprint density at radius 1 is 1.75 bits per heavy atom. The van der Waals surface area contributed by atoms with Gasteiger partial charge in [0, 0.05) is 6.54 Å². The van der Waals surface area contributed by atoms with Gasteiger partial charge in [-0.3, -0.25) is 5.43 Å². The molecule has 0 unspecified atom stereocenters. The van der Waals surface area contributed by atoms with Crippen LogP contribution in [0.25, 0.3) is 0 Å². The van der Waals surface area contributed by atoms with E-state index in [0.717, 1.165) is 15.0 Å². The summed E-state index contributed by atoms with van der Waals surface area (Å²) in [5, 5.41) is 15.7. The first kappa shape index (κ1) is 13.5. The molecule has 0 saturated carbocycles. The fourth-order valence-electron chi connectivity index (χ4n) is 0.815. The van der Waals surface area contributed by atoms with Crippen molar-refractivity contribution in [2.75, 3.05) is 13.2 Å². The maximum Gasteiger partial charge on any atom is 0.187 e. The Balaban J connectivity index is 2.43. The van der Waals surface area contributed by atoms with Gasteiger partial charge in [0.1, 0.15) is 0 Å². The van der Waals surface area contributed by atoms with E-state index in [-0.39, 0.29) is 6.61 Å². The molecule has 0 aromatic carbocycles. The number of hydrazone groups is 1.